The lowest BCUT2D eigenvalue weighted by Gasteiger charge is -2.14. The van der Waals surface area contributed by atoms with Gasteiger partial charge in [0.05, 0.1) is 11.6 Å². The Morgan fingerprint density at radius 2 is 2.00 bits per heavy atom. The predicted octanol–water partition coefficient (Wildman–Crippen LogP) is 3.16. The van der Waals surface area contributed by atoms with E-state index in [2.05, 4.69) is 41.9 Å². The van der Waals surface area contributed by atoms with Crippen molar-refractivity contribution in [2.45, 2.75) is 13.2 Å². The summed E-state index contributed by atoms with van der Waals surface area (Å²) in [6, 6.07) is 13.9. The van der Waals surface area contributed by atoms with Gasteiger partial charge in [-0.2, -0.15) is 5.21 Å². The van der Waals surface area contributed by atoms with Gasteiger partial charge in [0.2, 0.25) is 0 Å². The molecule has 0 aliphatic rings. The zero-order chi connectivity index (χ0) is 16.8. The van der Waals surface area contributed by atoms with Gasteiger partial charge in [0.15, 0.2) is 11.5 Å². The quantitative estimate of drug-likeness (QED) is 0.645. The summed E-state index contributed by atoms with van der Waals surface area (Å²) in [7, 11) is 1.62. The number of benzene rings is 2. The number of methoxy groups -OCH3 is 1. The smallest absolute Gasteiger partial charge is 0.263 e. The normalized spacial score (nSPS) is 10.4. The van der Waals surface area contributed by atoms with Crippen molar-refractivity contribution in [1.82, 2.24) is 20.6 Å². The third-order valence-corrected chi connectivity index (χ3v) is 3.90. The largest absolute Gasteiger partial charge is 0.493 e. The van der Waals surface area contributed by atoms with E-state index in [1.165, 1.54) is 0 Å². The van der Waals surface area contributed by atoms with Gasteiger partial charge < -0.3 is 14.8 Å². The van der Waals surface area contributed by atoms with Crippen molar-refractivity contribution >= 4 is 21.9 Å². The Labute approximate surface area is 147 Å². The molecule has 0 bridgehead atoms. The topological polar surface area (TPSA) is 85.0 Å². The molecule has 24 heavy (non-hydrogen) atoms. The summed E-state index contributed by atoms with van der Waals surface area (Å²) in [6.07, 6.45) is 0. The van der Waals surface area contributed by atoms with Crippen molar-refractivity contribution in [2.75, 3.05) is 12.4 Å². The molecule has 7 nitrogen and oxygen atoms in total. The summed E-state index contributed by atoms with van der Waals surface area (Å²) < 4.78 is 12.2. The molecule has 0 radical (unpaired) electrons. The van der Waals surface area contributed by atoms with Gasteiger partial charge in [-0.15, -0.1) is 5.10 Å². The van der Waals surface area contributed by atoms with Crippen molar-refractivity contribution in [3.63, 3.8) is 0 Å². The standard InChI is InChI=1S/C16H16BrN5O2/c1-23-14-8-12(9-18-16-19-21-22-20-16)7-13(17)15(14)24-10-11-5-3-2-4-6-11/h2-8H,9-10H2,1H3,(H2,18,19,20,21,22). The molecule has 0 spiro atoms. The summed E-state index contributed by atoms with van der Waals surface area (Å²) in [4.78, 5) is 0. The summed E-state index contributed by atoms with van der Waals surface area (Å²) in [5, 5.41) is 16.7. The van der Waals surface area contributed by atoms with Crippen molar-refractivity contribution in [2.24, 2.45) is 0 Å². The monoisotopic (exact) mass is 389 g/mol. The molecule has 0 unspecified atom stereocenters. The number of tetrazole rings is 1. The maximum atomic E-state index is 5.92. The molecule has 0 saturated carbocycles. The van der Waals surface area contributed by atoms with Crippen LogP contribution in [0, 0.1) is 0 Å². The number of aromatic nitrogens is 4. The fraction of sp³-hybridized carbons (Fsp3) is 0.188. The fourth-order valence-corrected chi connectivity index (χ4v) is 2.77. The number of H-pyrrole nitrogens is 1. The number of rotatable bonds is 7. The fourth-order valence-electron chi connectivity index (χ4n) is 2.16. The van der Waals surface area contributed by atoms with E-state index in [-0.39, 0.29) is 0 Å². The number of ether oxygens (including phenoxy) is 2. The van der Waals surface area contributed by atoms with Crippen LogP contribution in [0.3, 0.4) is 0 Å². The molecule has 2 N–H and O–H groups in total. The minimum Gasteiger partial charge on any atom is -0.493 e. The first-order chi connectivity index (χ1) is 11.8. The van der Waals surface area contributed by atoms with Gasteiger partial charge in [0, 0.05) is 6.54 Å². The Bertz CT molecular complexity index is 781. The molecule has 2 aromatic carbocycles. The van der Waals surface area contributed by atoms with Crippen LogP contribution in [0.2, 0.25) is 0 Å². The number of hydrogen-bond donors (Lipinski definition) is 2. The molecule has 124 valence electrons. The number of hydrogen-bond acceptors (Lipinski definition) is 6. The van der Waals surface area contributed by atoms with Crippen molar-refractivity contribution in [1.29, 1.82) is 0 Å². The van der Waals surface area contributed by atoms with Crippen LogP contribution in [-0.2, 0) is 13.2 Å². The SMILES string of the molecule is COc1cc(CNc2nn[nH]n2)cc(Br)c1OCc1ccccc1. The molecule has 3 aromatic rings. The van der Waals surface area contributed by atoms with Gasteiger partial charge in [0.1, 0.15) is 6.61 Å². The Morgan fingerprint density at radius 1 is 1.17 bits per heavy atom. The van der Waals surface area contributed by atoms with E-state index in [0.29, 0.717) is 30.6 Å². The molecule has 1 aromatic heterocycles. The molecule has 0 amide bonds. The molecule has 0 fully saturated rings. The zero-order valence-corrected chi connectivity index (χ0v) is 14.6. The number of halogens is 1. The minimum absolute atomic E-state index is 0.439. The summed E-state index contributed by atoms with van der Waals surface area (Å²) >= 11 is 3.55. The minimum atomic E-state index is 0.439. The first-order valence-corrected chi connectivity index (χ1v) is 8.06. The molecule has 0 saturated heterocycles. The van der Waals surface area contributed by atoms with Crippen molar-refractivity contribution in [3.8, 4) is 11.5 Å². The van der Waals surface area contributed by atoms with Gasteiger partial charge in [-0.3, -0.25) is 0 Å². The predicted molar refractivity (Wildman–Crippen MR) is 93.0 cm³/mol. The highest BCUT2D eigenvalue weighted by atomic mass is 79.9. The third kappa shape index (κ3) is 4.02. The van der Waals surface area contributed by atoms with Crippen LogP contribution >= 0.6 is 15.9 Å². The molecule has 0 atom stereocenters. The van der Waals surface area contributed by atoms with Gasteiger partial charge in [-0.1, -0.05) is 35.4 Å². The molecule has 0 aliphatic heterocycles. The lowest BCUT2D eigenvalue weighted by atomic mass is 10.2. The maximum absolute atomic E-state index is 5.92. The zero-order valence-electron chi connectivity index (χ0n) is 13.0. The van der Waals surface area contributed by atoms with Crippen molar-refractivity contribution in [3.05, 3.63) is 58.1 Å². The molecule has 0 aliphatic carbocycles. The average Bonchev–Trinajstić information content (AvgIpc) is 3.13. The highest BCUT2D eigenvalue weighted by Crippen LogP contribution is 2.37. The Hall–Kier alpha value is -2.61. The third-order valence-electron chi connectivity index (χ3n) is 3.31. The second kappa shape index (κ2) is 7.78. The number of nitrogens with one attached hydrogen (secondary N) is 2. The highest BCUT2D eigenvalue weighted by molar-refractivity contribution is 9.10. The van der Waals surface area contributed by atoms with Crippen LogP contribution < -0.4 is 14.8 Å². The number of anilines is 1. The van der Waals surface area contributed by atoms with E-state index < -0.39 is 0 Å². The summed E-state index contributed by atoms with van der Waals surface area (Å²) in [5.41, 5.74) is 2.09. The molecule has 8 heteroatoms. The maximum Gasteiger partial charge on any atom is 0.263 e. The van der Waals surface area contributed by atoms with Crippen LogP contribution in [0.1, 0.15) is 11.1 Å². The first-order valence-electron chi connectivity index (χ1n) is 7.26. The lowest BCUT2D eigenvalue weighted by molar-refractivity contribution is 0.282. The summed E-state index contributed by atoms with van der Waals surface area (Å²) in [6.45, 7) is 1.00. The van der Waals surface area contributed by atoms with E-state index in [1.807, 2.05) is 42.5 Å². The molecular formula is C16H16BrN5O2. The Morgan fingerprint density at radius 3 is 2.71 bits per heavy atom. The van der Waals surface area contributed by atoms with Gasteiger partial charge in [-0.25, -0.2) is 0 Å². The molecular weight excluding hydrogens is 374 g/mol. The van der Waals surface area contributed by atoms with Crippen molar-refractivity contribution < 1.29 is 9.47 Å². The van der Waals surface area contributed by atoms with E-state index in [4.69, 9.17) is 9.47 Å². The van der Waals surface area contributed by atoms with Crippen LogP contribution in [0.25, 0.3) is 0 Å². The van der Waals surface area contributed by atoms with E-state index in [0.717, 1.165) is 15.6 Å². The van der Waals surface area contributed by atoms with E-state index in [9.17, 15) is 0 Å². The summed E-state index contributed by atoms with van der Waals surface area (Å²) in [5.74, 6) is 1.77. The number of aromatic amines is 1. The van der Waals surface area contributed by atoms with Gasteiger partial charge in [0.25, 0.3) is 5.95 Å². The second-order valence-corrected chi connectivity index (χ2v) is 5.83. The van der Waals surface area contributed by atoms with Gasteiger partial charge in [-0.05, 0) is 44.4 Å². The van der Waals surface area contributed by atoms with E-state index in [1.54, 1.807) is 7.11 Å². The van der Waals surface area contributed by atoms with Crippen LogP contribution in [0.5, 0.6) is 11.5 Å². The van der Waals surface area contributed by atoms with Gasteiger partial charge >= 0.3 is 0 Å². The Balaban J connectivity index is 1.72. The molecule has 3 rings (SSSR count). The number of nitrogens with zero attached hydrogens (tertiary/aromatic N) is 3. The lowest BCUT2D eigenvalue weighted by Crippen LogP contribution is -2.03. The van der Waals surface area contributed by atoms with Crippen LogP contribution in [0.15, 0.2) is 46.9 Å². The Kier molecular flexibility index (Phi) is 5.27. The molecule has 1 heterocycles. The average molecular weight is 390 g/mol. The van der Waals surface area contributed by atoms with Crippen LogP contribution in [0.4, 0.5) is 5.95 Å². The van der Waals surface area contributed by atoms with E-state index >= 15 is 0 Å². The van der Waals surface area contributed by atoms with Crippen LogP contribution in [-0.4, -0.2) is 27.7 Å². The second-order valence-electron chi connectivity index (χ2n) is 4.97. The highest BCUT2D eigenvalue weighted by Gasteiger charge is 2.12. The first kappa shape index (κ1) is 16.3.